The summed E-state index contributed by atoms with van der Waals surface area (Å²) in [6.45, 7) is 7.33. The number of hydrogen-bond acceptors (Lipinski definition) is 26. The second kappa shape index (κ2) is 40.0. The average molecular weight is 1390 g/mol. The number of carbonyl (C=O) groups excluding carboxylic acids is 4. The van der Waals surface area contributed by atoms with E-state index in [9.17, 15) is 47.9 Å². The average Bonchev–Trinajstić information content (AvgIpc) is 1.61. The third-order valence-electron chi connectivity index (χ3n) is 12.5. The molecule has 1 amide bonds. The van der Waals surface area contributed by atoms with E-state index in [-0.39, 0.29) is 58.3 Å². The number of nitrogens with zero attached hydrogens (tertiary/aromatic N) is 10. The van der Waals surface area contributed by atoms with E-state index >= 15 is 0 Å². The number of nitrogen functional groups attached to an aromatic ring is 2. The lowest BCUT2D eigenvalue weighted by Gasteiger charge is -2.04. The highest BCUT2D eigenvalue weighted by Crippen LogP contribution is 2.16. The molecule has 7 heterocycles. The molecule has 0 radical (unpaired) electrons. The minimum atomic E-state index is -1.05. The third-order valence-corrected chi connectivity index (χ3v) is 12.5. The van der Waals surface area contributed by atoms with Gasteiger partial charge in [-0.25, -0.2) is 44.6 Å². The lowest BCUT2D eigenvalue weighted by atomic mass is 10.2. The second-order valence-electron chi connectivity index (χ2n) is 19.1. The molecule has 0 saturated heterocycles. The van der Waals surface area contributed by atoms with Gasteiger partial charge in [0.15, 0.2) is 23.2 Å². The predicted octanol–water partition coefficient (Wildman–Crippen LogP) is 3.11. The molecule has 0 aliphatic heterocycles. The van der Waals surface area contributed by atoms with Gasteiger partial charge in [-0.3, -0.25) is 70.9 Å². The summed E-state index contributed by atoms with van der Waals surface area (Å²) in [5.41, 5.74) is 11.7. The predicted molar refractivity (Wildman–Crippen MR) is 371 cm³/mol. The monoisotopic (exact) mass is 1390 g/mol. The molecular formula is C64H66ClN19O16. The molecule has 100 heavy (non-hydrogen) atoms. The van der Waals surface area contributed by atoms with Gasteiger partial charge >= 0.3 is 23.9 Å². The summed E-state index contributed by atoms with van der Waals surface area (Å²) < 4.78 is 8.79. The highest BCUT2D eigenvalue weighted by molar-refractivity contribution is 6.00. The Morgan fingerprint density at radius 1 is 0.620 bits per heavy atom. The number of aliphatic hydroxyl groups excluding tert-OH is 1. The van der Waals surface area contributed by atoms with Gasteiger partial charge in [-0.05, 0) is 86.6 Å². The van der Waals surface area contributed by atoms with Gasteiger partial charge in [0.05, 0.1) is 77.4 Å². The highest BCUT2D eigenvalue weighted by Gasteiger charge is 2.13. The Morgan fingerprint density at radius 3 is 1.47 bits per heavy atom. The van der Waals surface area contributed by atoms with Crippen LogP contribution in [0.15, 0.2) is 183 Å². The first-order valence-corrected chi connectivity index (χ1v) is 28.3. The van der Waals surface area contributed by atoms with Gasteiger partial charge in [0.2, 0.25) is 5.91 Å². The number of ether oxygens (including phenoxy) is 1. The SMILES string of the molecule is CC(=O)Nc1ccccc1C(=O)O.CC(=O)OC(C)=O.CCO.Cc1nc2ccccc2c(=O)n1N.Cl.N#Cc1c[nH]n2c(=O)c3ccccc3nc12.NN.NO.Nc1ccccc1C(=O)O.O=Cc1c[nH]n2c(=O)c3ccccc3nc12.O=c1c2ccccc2nc2c(=CNO)cnn12. The van der Waals surface area contributed by atoms with Crippen molar-refractivity contribution in [1.82, 2.24) is 58.9 Å². The van der Waals surface area contributed by atoms with Crippen LogP contribution in [0.1, 0.15) is 70.2 Å². The Bertz CT molecular complexity index is 5350. The third kappa shape index (κ3) is 21.3. The van der Waals surface area contributed by atoms with E-state index in [1.807, 2.05) is 29.7 Å². The number of nitrogens with one attached hydrogen (secondary N) is 4. The number of nitriles is 1. The molecule has 35 nitrogen and oxygen atoms in total. The molecule has 0 fully saturated rings. The molecule has 7 aromatic heterocycles. The summed E-state index contributed by atoms with van der Waals surface area (Å²) in [6, 6.07) is 42.9. The van der Waals surface area contributed by atoms with Crippen molar-refractivity contribution in [1.29, 1.82) is 5.26 Å². The Labute approximate surface area is 568 Å². The molecule has 19 N–H and O–H groups in total. The maximum Gasteiger partial charge on any atom is 0.337 e. The van der Waals surface area contributed by atoms with Crippen LogP contribution in [-0.4, -0.2) is 122 Å². The first kappa shape index (κ1) is 80.8. The number of halogens is 1. The highest BCUT2D eigenvalue weighted by atomic mass is 35.5. The number of aromatic carboxylic acids is 2. The van der Waals surface area contributed by atoms with Crippen molar-refractivity contribution in [3.8, 4) is 6.07 Å². The summed E-state index contributed by atoms with van der Waals surface area (Å²) in [4.78, 5) is 127. The fourth-order valence-electron chi connectivity index (χ4n) is 8.33. The summed E-state index contributed by atoms with van der Waals surface area (Å²) in [5, 5.41) is 63.3. The quantitative estimate of drug-likeness (QED) is 0.0294. The fourth-order valence-corrected chi connectivity index (χ4v) is 8.33. The van der Waals surface area contributed by atoms with Crippen molar-refractivity contribution in [2.45, 2.75) is 34.6 Å². The minimum absolute atomic E-state index is 0. The number of amides is 1. The number of hydrazine groups is 1. The Morgan fingerprint density at radius 2 is 1.03 bits per heavy atom. The maximum atomic E-state index is 12.1. The van der Waals surface area contributed by atoms with Gasteiger partial charge in [0.1, 0.15) is 17.5 Å². The van der Waals surface area contributed by atoms with E-state index in [0.29, 0.717) is 100 Å². The number of aliphatic hydroxyl groups is 1. The number of hydroxylamine groups is 1. The number of aryl methyl sites for hydroxylation is 1. The van der Waals surface area contributed by atoms with E-state index in [4.69, 9.17) is 42.6 Å². The van der Waals surface area contributed by atoms with Gasteiger partial charge in [0, 0.05) is 51.7 Å². The number of aromatic amines is 2. The smallest absolute Gasteiger partial charge is 0.337 e. The number of aromatic nitrogens is 11. The summed E-state index contributed by atoms with van der Waals surface area (Å²) in [5.74, 6) is 14.1. The standard InChI is InChI=1S/C11H8N4O2.C11H6N4O.C11H7N3O2.C9H9N3O.C9H9NO3.C7H7NO2.C4H6O3.C2H6O.ClH.H4N2.H3NO/c16-11-8-3-1-2-4-9(8)14-10-7(6-13-17)5-12-15(10)11;12-5-7-6-13-15-10(7)14-9-4-2-1-3-8(9)11(15)16;15-6-7-5-12-14-10(7)13-9-4-2-1-3-8(9)11(14)16;1-6-11-8-5-3-2-4-7(8)9(13)12(6)10;1-6(11)10-8-5-3-2-4-7(8)9(12)13;8-6-4-2-1-3-5(6)7(9)10;1-3(5)7-4(2)6;1-2-3;;2*1-2/h1-6,13,17H;1-4,6,13H;1-6,12H;2-5H,10H2,1H3;2-5H,1H3,(H,10,11)(H,12,13);1-4H,8H2,(H,9,10);1-2H3;3H,2H2,1H3;1H;1-2H2;2H,1H2. The second-order valence-corrected chi connectivity index (χ2v) is 19.1. The van der Waals surface area contributed by atoms with Crippen molar-refractivity contribution in [3.05, 3.63) is 239 Å². The number of anilines is 2. The Hall–Kier alpha value is -13.5. The van der Waals surface area contributed by atoms with Crippen LogP contribution in [-0.2, 0) is 19.1 Å². The van der Waals surface area contributed by atoms with E-state index in [1.54, 1.807) is 129 Å². The zero-order valence-corrected chi connectivity index (χ0v) is 54.3. The van der Waals surface area contributed by atoms with Crippen LogP contribution in [0.4, 0.5) is 11.4 Å². The van der Waals surface area contributed by atoms with Gasteiger partial charge in [0.25, 0.3) is 22.2 Å². The lowest BCUT2D eigenvalue weighted by molar-refractivity contribution is -0.156. The first-order chi connectivity index (χ1) is 47.5. The van der Waals surface area contributed by atoms with Crippen LogP contribution in [0, 0.1) is 18.3 Å². The van der Waals surface area contributed by atoms with Crippen LogP contribution < -0.4 is 67.4 Å². The normalized spacial score (nSPS) is 9.92. The van der Waals surface area contributed by atoms with Gasteiger partial charge in [-0.1, -0.05) is 72.8 Å². The number of rotatable bonds is 5. The van der Waals surface area contributed by atoms with E-state index in [1.165, 1.54) is 71.2 Å². The van der Waals surface area contributed by atoms with Crippen molar-refractivity contribution in [3.63, 3.8) is 0 Å². The number of aldehydes is 1. The summed E-state index contributed by atoms with van der Waals surface area (Å²) in [6.07, 6.45) is 6.40. The number of carbonyl (C=O) groups is 6. The summed E-state index contributed by atoms with van der Waals surface area (Å²) >= 11 is 0. The number of carboxylic acids is 2. The number of benzene rings is 6. The number of para-hydroxylation sites is 6. The molecule has 36 heteroatoms. The molecule has 13 rings (SSSR count). The zero-order valence-electron chi connectivity index (χ0n) is 53.4. The zero-order chi connectivity index (χ0) is 73.5. The van der Waals surface area contributed by atoms with Crippen molar-refractivity contribution in [2.24, 2.45) is 17.6 Å². The molecule has 0 bridgehead atoms. The fraction of sp³-hybridized carbons (Fsp3) is 0.0938. The Balaban J connectivity index is 0.000000302. The molecule has 520 valence electrons. The van der Waals surface area contributed by atoms with Crippen LogP contribution in [0.5, 0.6) is 0 Å². The molecule has 0 spiro atoms. The molecule has 0 aliphatic carbocycles. The molecule has 0 unspecified atom stereocenters. The van der Waals surface area contributed by atoms with Crippen molar-refractivity contribution in [2.75, 3.05) is 23.5 Å². The lowest BCUT2D eigenvalue weighted by Crippen LogP contribution is -2.30. The van der Waals surface area contributed by atoms with Crippen LogP contribution in [0.25, 0.3) is 66.8 Å². The van der Waals surface area contributed by atoms with Crippen LogP contribution >= 0.6 is 12.4 Å². The summed E-state index contributed by atoms with van der Waals surface area (Å²) in [7, 11) is 0. The van der Waals surface area contributed by atoms with Gasteiger partial charge < -0.3 is 42.2 Å². The topological polar surface area (TPSA) is 573 Å². The number of H-pyrrole nitrogens is 2. The number of hydrogen-bond donors (Lipinski definition) is 14. The van der Waals surface area contributed by atoms with E-state index in [0.717, 1.165) is 4.68 Å². The molecule has 13 aromatic rings. The molecule has 0 aliphatic rings. The first-order valence-electron chi connectivity index (χ1n) is 28.3. The number of carboxylic acid groups (broad SMARTS) is 2. The molecule has 0 atom stereocenters. The van der Waals surface area contributed by atoms with Crippen molar-refractivity contribution < 1.29 is 59.2 Å². The van der Waals surface area contributed by atoms with Gasteiger partial charge in [-0.2, -0.15) is 19.4 Å². The number of nitrogens with two attached hydrogens (primary N) is 5. The molecule has 0 saturated carbocycles. The van der Waals surface area contributed by atoms with Crippen molar-refractivity contribution >= 4 is 127 Å². The van der Waals surface area contributed by atoms with Crippen LogP contribution in [0.2, 0.25) is 0 Å². The molecule has 6 aromatic carbocycles. The van der Waals surface area contributed by atoms with Crippen LogP contribution in [0.3, 0.4) is 0 Å². The maximum absolute atomic E-state index is 12.1. The number of esters is 2. The van der Waals surface area contributed by atoms with Gasteiger partial charge in [-0.15, -0.1) is 12.4 Å². The van der Waals surface area contributed by atoms with E-state index in [2.05, 4.69) is 62.9 Å². The minimum Gasteiger partial charge on any atom is -0.478 e. The number of fused-ring (bicyclic) bond motifs is 7. The largest absolute Gasteiger partial charge is 0.478 e. The van der Waals surface area contributed by atoms with E-state index < -0.39 is 23.9 Å². The Kier molecular flexibility index (Phi) is 32.3. The molecular weight excluding hydrogens is 1330 g/mol.